The number of benzene rings is 1. The number of ether oxygens (including phenoxy) is 1. The molecule has 4 heterocycles. The van der Waals surface area contributed by atoms with Crippen LogP contribution in [0.25, 0.3) is 11.0 Å². The Morgan fingerprint density at radius 2 is 1.77 bits per heavy atom. The molecule has 1 aliphatic heterocycles. The lowest BCUT2D eigenvalue weighted by molar-refractivity contribution is -0.137. The van der Waals surface area contributed by atoms with Crippen LogP contribution in [0.5, 0.6) is 5.75 Å². The Balaban J connectivity index is 1.25. The number of hydrogen-bond acceptors (Lipinski definition) is 8. The molecule has 11 nitrogen and oxygen atoms in total. The first-order valence-electron chi connectivity index (χ1n) is 14.5. The van der Waals surface area contributed by atoms with Gasteiger partial charge in [0.2, 0.25) is 11.8 Å². The van der Waals surface area contributed by atoms with Crippen molar-refractivity contribution in [2.45, 2.75) is 47.2 Å². The molecule has 2 amide bonds. The molecule has 11 heteroatoms. The smallest absolute Gasteiger partial charge is 0.261 e. The van der Waals surface area contributed by atoms with Gasteiger partial charge >= 0.3 is 0 Å². The van der Waals surface area contributed by atoms with E-state index >= 15 is 0 Å². The molecule has 0 spiro atoms. The molecule has 0 radical (unpaired) electrons. The van der Waals surface area contributed by atoms with E-state index in [2.05, 4.69) is 14.9 Å². The lowest BCUT2D eigenvalue weighted by Gasteiger charge is -2.27. The SMILES string of the molecule is CCN1C(=O)C(C)(C)C(=O)N(C)c2cc(OCCCN(CCn3ccc4oc(C)cc4c3=O)Cc3cncnc3)ccc21. The summed E-state index contributed by atoms with van der Waals surface area (Å²) >= 11 is 0. The fourth-order valence-electron chi connectivity index (χ4n) is 5.52. The standard InChI is InChI=1S/C32H38N6O5/c1-6-38-26-9-8-24(17-27(26)35(5)30(40)32(3,4)31(38)41)42-15-7-11-36(20-23-18-33-21-34-19-23)13-14-37-12-10-28-25(29(37)39)16-22(2)43-28/h8-10,12,16-19,21H,6-7,11,13-15,20H2,1-5H3. The van der Waals surface area contributed by atoms with E-state index in [0.29, 0.717) is 73.2 Å². The second-order valence-electron chi connectivity index (χ2n) is 11.4. The predicted octanol–water partition coefficient (Wildman–Crippen LogP) is 4.02. The van der Waals surface area contributed by atoms with Gasteiger partial charge in [-0.3, -0.25) is 19.3 Å². The molecule has 0 unspecified atom stereocenters. The van der Waals surface area contributed by atoms with Crippen LogP contribution >= 0.6 is 0 Å². The van der Waals surface area contributed by atoms with Crippen LogP contribution in [0.4, 0.5) is 11.4 Å². The molecule has 0 saturated carbocycles. The summed E-state index contributed by atoms with van der Waals surface area (Å²) in [6, 6.07) is 9.11. The summed E-state index contributed by atoms with van der Waals surface area (Å²) in [6.45, 7) is 10.5. The number of amides is 2. The van der Waals surface area contributed by atoms with Crippen molar-refractivity contribution in [3.63, 3.8) is 0 Å². The summed E-state index contributed by atoms with van der Waals surface area (Å²) in [6.07, 6.45) is 7.59. The van der Waals surface area contributed by atoms with Crippen LogP contribution in [0.15, 0.2) is 64.5 Å². The number of pyridine rings is 1. The lowest BCUT2D eigenvalue weighted by atomic mass is 9.90. The summed E-state index contributed by atoms with van der Waals surface area (Å²) in [5, 5.41) is 0.583. The van der Waals surface area contributed by atoms with Gasteiger partial charge in [-0.15, -0.1) is 0 Å². The number of aryl methyl sites for hydroxylation is 1. The van der Waals surface area contributed by atoms with Crippen LogP contribution in [0.2, 0.25) is 0 Å². The number of furan rings is 1. The van der Waals surface area contributed by atoms with E-state index in [1.807, 2.05) is 38.1 Å². The topological polar surface area (TPSA) is 114 Å². The van der Waals surface area contributed by atoms with Gasteiger partial charge in [-0.2, -0.15) is 0 Å². The van der Waals surface area contributed by atoms with Crippen molar-refractivity contribution in [1.82, 2.24) is 19.4 Å². The number of nitrogens with zero attached hydrogens (tertiary/aromatic N) is 6. The molecule has 1 aliphatic rings. The second kappa shape index (κ2) is 12.4. The molecule has 43 heavy (non-hydrogen) atoms. The van der Waals surface area contributed by atoms with Crippen molar-refractivity contribution in [1.29, 1.82) is 0 Å². The first-order valence-corrected chi connectivity index (χ1v) is 14.5. The molecular weight excluding hydrogens is 548 g/mol. The van der Waals surface area contributed by atoms with Crippen molar-refractivity contribution >= 4 is 34.2 Å². The Morgan fingerprint density at radius 3 is 2.51 bits per heavy atom. The van der Waals surface area contributed by atoms with Gasteiger partial charge in [0.15, 0.2) is 0 Å². The zero-order valence-electron chi connectivity index (χ0n) is 25.4. The van der Waals surface area contributed by atoms with Gasteiger partial charge in [0.25, 0.3) is 5.56 Å². The summed E-state index contributed by atoms with van der Waals surface area (Å²) in [5.41, 5.74) is 1.68. The average Bonchev–Trinajstić information content (AvgIpc) is 3.38. The first-order chi connectivity index (χ1) is 20.6. The van der Waals surface area contributed by atoms with Gasteiger partial charge < -0.3 is 23.5 Å². The zero-order chi connectivity index (χ0) is 30.7. The summed E-state index contributed by atoms with van der Waals surface area (Å²) in [4.78, 5) is 53.0. The Kier molecular flexibility index (Phi) is 8.63. The third-order valence-electron chi connectivity index (χ3n) is 7.88. The van der Waals surface area contributed by atoms with Gasteiger partial charge in [0, 0.05) is 70.0 Å². The van der Waals surface area contributed by atoms with Gasteiger partial charge in [-0.25, -0.2) is 9.97 Å². The highest BCUT2D eigenvalue weighted by Gasteiger charge is 2.45. The molecule has 0 N–H and O–H groups in total. The Hall–Kier alpha value is -4.51. The number of aromatic nitrogens is 3. The number of anilines is 2. The minimum Gasteiger partial charge on any atom is -0.493 e. The van der Waals surface area contributed by atoms with Crippen molar-refractivity contribution in [3.05, 3.63) is 76.9 Å². The highest BCUT2D eigenvalue weighted by molar-refractivity contribution is 6.20. The van der Waals surface area contributed by atoms with Crippen LogP contribution in [0, 0.1) is 12.3 Å². The predicted molar refractivity (Wildman–Crippen MR) is 164 cm³/mol. The fraction of sp³-hybridized carbons (Fsp3) is 0.406. The Labute approximate surface area is 250 Å². The molecule has 0 fully saturated rings. The second-order valence-corrected chi connectivity index (χ2v) is 11.4. The van der Waals surface area contributed by atoms with E-state index < -0.39 is 5.41 Å². The van der Waals surface area contributed by atoms with Crippen LogP contribution in [-0.2, 0) is 22.7 Å². The largest absolute Gasteiger partial charge is 0.493 e. The molecule has 5 rings (SSSR count). The molecule has 4 aromatic rings. The Bertz CT molecular complexity index is 1680. The molecule has 0 atom stereocenters. The molecule has 0 bridgehead atoms. The molecule has 1 aromatic carbocycles. The highest BCUT2D eigenvalue weighted by Crippen LogP contribution is 2.40. The van der Waals surface area contributed by atoms with Crippen molar-refractivity contribution in [2.75, 3.05) is 43.1 Å². The van der Waals surface area contributed by atoms with Gasteiger partial charge in [-0.05, 0) is 58.4 Å². The number of fused-ring (bicyclic) bond motifs is 2. The molecule has 0 saturated heterocycles. The number of rotatable bonds is 11. The van der Waals surface area contributed by atoms with E-state index in [0.717, 1.165) is 12.0 Å². The normalized spacial score (nSPS) is 14.8. The van der Waals surface area contributed by atoms with E-state index in [9.17, 15) is 14.4 Å². The van der Waals surface area contributed by atoms with Crippen LogP contribution < -0.4 is 20.1 Å². The summed E-state index contributed by atoms with van der Waals surface area (Å²) in [5.74, 6) is 0.863. The number of carbonyl (C=O) groups excluding carboxylic acids is 2. The lowest BCUT2D eigenvalue weighted by Crippen LogP contribution is -2.47. The van der Waals surface area contributed by atoms with E-state index in [4.69, 9.17) is 9.15 Å². The van der Waals surface area contributed by atoms with E-state index in [1.54, 1.807) is 59.9 Å². The number of hydrogen-bond donors (Lipinski definition) is 0. The van der Waals surface area contributed by atoms with Gasteiger partial charge in [0.1, 0.15) is 28.8 Å². The van der Waals surface area contributed by atoms with Gasteiger partial charge in [0.05, 0.1) is 23.4 Å². The maximum absolute atomic E-state index is 13.1. The third kappa shape index (κ3) is 6.17. The van der Waals surface area contributed by atoms with Crippen molar-refractivity contribution in [3.8, 4) is 5.75 Å². The minimum atomic E-state index is -1.16. The molecule has 3 aromatic heterocycles. The highest BCUT2D eigenvalue weighted by atomic mass is 16.5. The van der Waals surface area contributed by atoms with Crippen molar-refractivity contribution in [2.24, 2.45) is 5.41 Å². The Morgan fingerprint density at radius 1 is 1.00 bits per heavy atom. The fourth-order valence-corrected chi connectivity index (χ4v) is 5.52. The minimum absolute atomic E-state index is 0.0703. The monoisotopic (exact) mass is 586 g/mol. The summed E-state index contributed by atoms with van der Waals surface area (Å²) in [7, 11) is 1.70. The zero-order valence-corrected chi connectivity index (χ0v) is 25.4. The molecule has 226 valence electrons. The molecular formula is C32H38N6O5. The van der Waals surface area contributed by atoms with E-state index in [-0.39, 0.29) is 17.4 Å². The summed E-state index contributed by atoms with van der Waals surface area (Å²) < 4.78 is 13.4. The quantitative estimate of drug-likeness (QED) is 0.191. The first kappa shape index (κ1) is 30.0. The maximum atomic E-state index is 13.1. The van der Waals surface area contributed by atoms with Crippen molar-refractivity contribution < 1.29 is 18.7 Å². The average molecular weight is 587 g/mol. The van der Waals surface area contributed by atoms with Crippen LogP contribution in [0.3, 0.4) is 0 Å². The third-order valence-corrected chi connectivity index (χ3v) is 7.88. The maximum Gasteiger partial charge on any atom is 0.261 e. The van der Waals surface area contributed by atoms with E-state index in [1.165, 1.54) is 6.33 Å². The van der Waals surface area contributed by atoms with Gasteiger partial charge in [-0.1, -0.05) is 0 Å². The van der Waals surface area contributed by atoms with Crippen LogP contribution in [-0.4, -0.2) is 64.5 Å². The molecule has 0 aliphatic carbocycles. The van der Waals surface area contributed by atoms with Crippen LogP contribution in [0.1, 0.15) is 38.5 Å². The number of carbonyl (C=O) groups is 2.